The molecular formula is C16H21FN2O5S. The molecule has 1 aliphatic rings. The van der Waals surface area contributed by atoms with E-state index in [0.29, 0.717) is 6.54 Å². The van der Waals surface area contributed by atoms with E-state index in [1.807, 2.05) is 0 Å². The zero-order valence-corrected chi connectivity index (χ0v) is 14.5. The number of hydrogen-bond acceptors (Lipinski definition) is 5. The number of sulfonamides is 1. The van der Waals surface area contributed by atoms with Gasteiger partial charge in [0.1, 0.15) is 11.9 Å². The fourth-order valence-corrected chi connectivity index (χ4v) is 3.64. The van der Waals surface area contributed by atoms with Crippen LogP contribution in [-0.4, -0.2) is 50.8 Å². The molecule has 1 amide bonds. The molecule has 0 aliphatic carbocycles. The average molecular weight is 372 g/mol. The zero-order chi connectivity index (χ0) is 18.4. The Labute approximate surface area is 145 Å². The average Bonchev–Trinajstić information content (AvgIpc) is 2.56. The van der Waals surface area contributed by atoms with Crippen LogP contribution in [0.3, 0.4) is 0 Å². The minimum Gasteiger partial charge on any atom is -0.394 e. The fraction of sp³-hybridized carbons (Fsp3) is 0.438. The second-order valence-corrected chi connectivity index (χ2v) is 7.25. The number of nitrogens with one attached hydrogen (secondary N) is 2. The maximum absolute atomic E-state index is 12.9. The maximum atomic E-state index is 12.9. The lowest BCUT2D eigenvalue weighted by Crippen LogP contribution is -2.49. The van der Waals surface area contributed by atoms with Crippen molar-refractivity contribution in [1.82, 2.24) is 10.0 Å². The molecule has 0 fully saturated rings. The van der Waals surface area contributed by atoms with Crippen LogP contribution in [0.5, 0.6) is 0 Å². The normalized spacial score (nSPS) is 23.4. The van der Waals surface area contributed by atoms with Crippen molar-refractivity contribution in [1.29, 1.82) is 0 Å². The SMILES string of the molecule is CCNC(=O)C[C@@H]1C=C[C@H](NS(=O)(=O)c2ccc(F)cc2)[C@H](CO)O1. The van der Waals surface area contributed by atoms with Gasteiger partial charge in [-0.2, -0.15) is 0 Å². The molecule has 0 bridgehead atoms. The van der Waals surface area contributed by atoms with Crippen molar-refractivity contribution in [3.8, 4) is 0 Å². The van der Waals surface area contributed by atoms with Crippen molar-refractivity contribution in [2.45, 2.75) is 36.5 Å². The van der Waals surface area contributed by atoms with Gasteiger partial charge in [-0.25, -0.2) is 17.5 Å². The Morgan fingerprint density at radius 2 is 1.96 bits per heavy atom. The second-order valence-electron chi connectivity index (χ2n) is 5.54. The van der Waals surface area contributed by atoms with Gasteiger partial charge in [0.15, 0.2) is 0 Å². The van der Waals surface area contributed by atoms with E-state index in [1.165, 1.54) is 0 Å². The molecule has 3 N–H and O–H groups in total. The van der Waals surface area contributed by atoms with Crippen LogP contribution in [0, 0.1) is 5.82 Å². The highest BCUT2D eigenvalue weighted by molar-refractivity contribution is 7.89. The Balaban J connectivity index is 2.08. The molecule has 25 heavy (non-hydrogen) atoms. The molecule has 138 valence electrons. The van der Waals surface area contributed by atoms with E-state index >= 15 is 0 Å². The molecule has 0 spiro atoms. The minimum atomic E-state index is -3.91. The molecule has 1 aliphatic heterocycles. The predicted octanol–water partition coefficient (Wildman–Crippen LogP) is 0.315. The van der Waals surface area contributed by atoms with Crippen LogP contribution in [0.25, 0.3) is 0 Å². The number of aliphatic hydroxyl groups is 1. The molecule has 2 rings (SSSR count). The summed E-state index contributed by atoms with van der Waals surface area (Å²) in [5.74, 6) is -0.736. The van der Waals surface area contributed by atoms with Crippen molar-refractivity contribution in [2.75, 3.05) is 13.2 Å². The van der Waals surface area contributed by atoms with Gasteiger partial charge in [0, 0.05) is 6.54 Å². The lowest BCUT2D eigenvalue weighted by molar-refractivity contribution is -0.125. The van der Waals surface area contributed by atoms with Crippen LogP contribution < -0.4 is 10.0 Å². The highest BCUT2D eigenvalue weighted by Crippen LogP contribution is 2.18. The molecule has 0 unspecified atom stereocenters. The van der Waals surface area contributed by atoms with E-state index in [0.717, 1.165) is 24.3 Å². The van der Waals surface area contributed by atoms with E-state index in [4.69, 9.17) is 4.74 Å². The first-order valence-electron chi connectivity index (χ1n) is 7.85. The molecular weight excluding hydrogens is 351 g/mol. The highest BCUT2D eigenvalue weighted by Gasteiger charge is 2.31. The van der Waals surface area contributed by atoms with Gasteiger partial charge in [-0.15, -0.1) is 0 Å². The monoisotopic (exact) mass is 372 g/mol. The third kappa shape index (κ3) is 5.33. The highest BCUT2D eigenvalue weighted by atomic mass is 32.2. The van der Waals surface area contributed by atoms with E-state index < -0.39 is 40.7 Å². The maximum Gasteiger partial charge on any atom is 0.241 e. The minimum absolute atomic E-state index is 0.0816. The molecule has 0 radical (unpaired) electrons. The van der Waals surface area contributed by atoms with Crippen LogP contribution in [0.4, 0.5) is 4.39 Å². The Kier molecular flexibility index (Phi) is 6.65. The molecule has 9 heteroatoms. The third-order valence-corrected chi connectivity index (χ3v) is 5.11. The Morgan fingerprint density at radius 3 is 2.56 bits per heavy atom. The van der Waals surface area contributed by atoms with Crippen molar-refractivity contribution in [3.05, 3.63) is 42.2 Å². The Morgan fingerprint density at radius 1 is 1.28 bits per heavy atom. The van der Waals surface area contributed by atoms with Gasteiger partial charge in [-0.05, 0) is 31.2 Å². The van der Waals surface area contributed by atoms with Crippen molar-refractivity contribution in [2.24, 2.45) is 0 Å². The Hall–Kier alpha value is -1.81. The summed E-state index contributed by atoms with van der Waals surface area (Å²) in [6.07, 6.45) is 1.84. The summed E-state index contributed by atoms with van der Waals surface area (Å²) in [6.45, 7) is 1.87. The van der Waals surface area contributed by atoms with E-state index in [1.54, 1.807) is 19.1 Å². The quantitative estimate of drug-likeness (QED) is 0.598. The number of ether oxygens (including phenoxy) is 1. The standard InChI is InChI=1S/C16H21FN2O5S/c1-2-18-16(21)9-12-5-8-14(15(10-20)24-12)19-25(22,23)13-6-3-11(17)4-7-13/h3-8,12,14-15,19-20H,2,9-10H2,1H3,(H,18,21)/t12-,14-,15-/m0/s1. The topological polar surface area (TPSA) is 105 Å². The van der Waals surface area contributed by atoms with Crippen LogP contribution in [0.2, 0.25) is 0 Å². The van der Waals surface area contributed by atoms with Crippen LogP contribution in [-0.2, 0) is 19.6 Å². The molecule has 3 atom stereocenters. The van der Waals surface area contributed by atoms with Gasteiger partial charge in [0.25, 0.3) is 0 Å². The summed E-state index contributed by atoms with van der Waals surface area (Å²) in [5.41, 5.74) is 0. The van der Waals surface area contributed by atoms with E-state index in [9.17, 15) is 22.7 Å². The summed E-state index contributed by atoms with van der Waals surface area (Å²) in [5, 5.41) is 12.1. The van der Waals surface area contributed by atoms with Crippen LogP contribution in [0.1, 0.15) is 13.3 Å². The first-order chi connectivity index (χ1) is 11.9. The first-order valence-corrected chi connectivity index (χ1v) is 9.33. The van der Waals surface area contributed by atoms with E-state index in [2.05, 4.69) is 10.0 Å². The molecule has 1 heterocycles. The number of benzene rings is 1. The van der Waals surface area contributed by atoms with Crippen LogP contribution >= 0.6 is 0 Å². The summed E-state index contributed by atoms with van der Waals surface area (Å²) in [7, 11) is -3.91. The summed E-state index contributed by atoms with van der Waals surface area (Å²) in [6, 6.07) is 3.60. The first kappa shape index (κ1) is 19.5. The van der Waals surface area contributed by atoms with Crippen LogP contribution in [0.15, 0.2) is 41.3 Å². The van der Waals surface area contributed by atoms with Crippen molar-refractivity contribution >= 4 is 15.9 Å². The van der Waals surface area contributed by atoms with Gasteiger partial charge in [-0.1, -0.05) is 12.2 Å². The molecule has 1 aromatic carbocycles. The number of aliphatic hydroxyl groups excluding tert-OH is 1. The number of halogens is 1. The molecule has 0 saturated heterocycles. The Bertz CT molecular complexity index is 721. The zero-order valence-electron chi connectivity index (χ0n) is 13.7. The van der Waals surface area contributed by atoms with Crippen molar-refractivity contribution in [3.63, 3.8) is 0 Å². The summed E-state index contributed by atoms with van der Waals surface area (Å²) >= 11 is 0. The van der Waals surface area contributed by atoms with Gasteiger partial charge < -0.3 is 15.2 Å². The second kappa shape index (κ2) is 8.52. The summed E-state index contributed by atoms with van der Waals surface area (Å²) in [4.78, 5) is 11.5. The van der Waals surface area contributed by atoms with Gasteiger partial charge in [0.2, 0.25) is 15.9 Å². The lowest BCUT2D eigenvalue weighted by Gasteiger charge is -2.31. The van der Waals surface area contributed by atoms with Gasteiger partial charge in [0.05, 0.1) is 30.1 Å². The predicted molar refractivity (Wildman–Crippen MR) is 88.7 cm³/mol. The van der Waals surface area contributed by atoms with E-state index in [-0.39, 0.29) is 17.2 Å². The lowest BCUT2D eigenvalue weighted by atomic mass is 10.1. The number of hydrogen-bond donors (Lipinski definition) is 3. The van der Waals surface area contributed by atoms with Gasteiger partial charge >= 0.3 is 0 Å². The number of amides is 1. The smallest absolute Gasteiger partial charge is 0.241 e. The third-order valence-electron chi connectivity index (χ3n) is 3.64. The van der Waals surface area contributed by atoms with Gasteiger partial charge in [-0.3, -0.25) is 4.79 Å². The number of carbonyl (C=O) groups excluding carboxylic acids is 1. The fourth-order valence-electron chi connectivity index (χ4n) is 2.42. The molecule has 7 nitrogen and oxygen atoms in total. The molecule has 1 aromatic rings. The van der Waals surface area contributed by atoms with Crippen molar-refractivity contribution < 1.29 is 27.4 Å². The summed E-state index contributed by atoms with van der Waals surface area (Å²) < 4.78 is 45.6. The number of carbonyl (C=O) groups is 1. The number of rotatable bonds is 7. The molecule has 0 saturated carbocycles. The largest absolute Gasteiger partial charge is 0.394 e. The molecule has 0 aromatic heterocycles.